The summed E-state index contributed by atoms with van der Waals surface area (Å²) in [6.07, 6.45) is 0.229. The third kappa shape index (κ3) is 5.94. The van der Waals surface area contributed by atoms with Gasteiger partial charge in [-0.2, -0.15) is 0 Å². The molecule has 108 valence electrons. The lowest BCUT2D eigenvalue weighted by Crippen LogP contribution is -2.19. The predicted molar refractivity (Wildman–Crippen MR) is 77.6 cm³/mol. The minimum Gasteiger partial charge on any atom is -0.491 e. The maximum Gasteiger partial charge on any atom is 0.307 e. The number of ether oxygens (including phenoxy) is 2. The number of carbonyl (C=O) groups excluding carboxylic acids is 1. The van der Waals surface area contributed by atoms with E-state index in [2.05, 4.69) is 0 Å². The first-order valence-electron chi connectivity index (χ1n) is 6.21. The SMILES string of the molecule is CCOC(=O)C[C@@H](N)c1ccccc1OC(C)C.Cl. The number of hydrogen-bond donors (Lipinski definition) is 1. The summed E-state index contributed by atoms with van der Waals surface area (Å²) < 4.78 is 10.6. The topological polar surface area (TPSA) is 61.5 Å². The minimum atomic E-state index is -0.404. The van der Waals surface area contributed by atoms with Crippen molar-refractivity contribution >= 4 is 18.4 Å². The lowest BCUT2D eigenvalue weighted by atomic mass is 10.0. The van der Waals surface area contributed by atoms with Crippen molar-refractivity contribution in [2.24, 2.45) is 5.73 Å². The van der Waals surface area contributed by atoms with Gasteiger partial charge >= 0.3 is 5.97 Å². The van der Waals surface area contributed by atoms with E-state index in [4.69, 9.17) is 15.2 Å². The van der Waals surface area contributed by atoms with Crippen LogP contribution in [0.2, 0.25) is 0 Å². The van der Waals surface area contributed by atoms with Gasteiger partial charge in [0, 0.05) is 11.6 Å². The molecule has 0 saturated heterocycles. The maximum atomic E-state index is 11.4. The zero-order chi connectivity index (χ0) is 13.5. The number of benzene rings is 1. The van der Waals surface area contributed by atoms with Crippen LogP contribution >= 0.6 is 12.4 Å². The van der Waals surface area contributed by atoms with Gasteiger partial charge in [-0.15, -0.1) is 12.4 Å². The molecule has 4 nitrogen and oxygen atoms in total. The molecule has 0 unspecified atom stereocenters. The van der Waals surface area contributed by atoms with Gasteiger partial charge in [-0.1, -0.05) is 18.2 Å². The van der Waals surface area contributed by atoms with Gasteiger partial charge in [0.05, 0.1) is 19.1 Å². The minimum absolute atomic E-state index is 0. The van der Waals surface area contributed by atoms with E-state index in [1.165, 1.54) is 0 Å². The third-order valence-electron chi connectivity index (χ3n) is 2.37. The number of esters is 1. The summed E-state index contributed by atoms with van der Waals surface area (Å²) in [6, 6.07) is 7.10. The van der Waals surface area contributed by atoms with Crippen molar-refractivity contribution in [1.29, 1.82) is 0 Å². The largest absolute Gasteiger partial charge is 0.491 e. The van der Waals surface area contributed by atoms with Gasteiger partial charge in [-0.25, -0.2) is 0 Å². The molecule has 19 heavy (non-hydrogen) atoms. The van der Waals surface area contributed by atoms with E-state index in [0.717, 1.165) is 11.3 Å². The van der Waals surface area contributed by atoms with Crippen LogP contribution in [0.1, 0.15) is 38.8 Å². The zero-order valence-electron chi connectivity index (χ0n) is 11.6. The average Bonchev–Trinajstić information content (AvgIpc) is 2.28. The molecular formula is C14H22ClNO3. The Hall–Kier alpha value is -1.26. The lowest BCUT2D eigenvalue weighted by Gasteiger charge is -2.18. The summed E-state index contributed by atoms with van der Waals surface area (Å²) in [5.74, 6) is 0.439. The fourth-order valence-corrected chi connectivity index (χ4v) is 1.66. The standard InChI is InChI=1S/C14H21NO3.ClH/c1-4-17-14(16)9-12(15)11-7-5-6-8-13(11)18-10(2)3;/h5-8,10,12H,4,9,15H2,1-3H3;1H/t12-;/m1./s1. The summed E-state index contributed by atoms with van der Waals surface area (Å²) in [5.41, 5.74) is 6.85. The smallest absolute Gasteiger partial charge is 0.307 e. The van der Waals surface area contributed by atoms with E-state index >= 15 is 0 Å². The quantitative estimate of drug-likeness (QED) is 0.817. The van der Waals surface area contributed by atoms with Crippen molar-refractivity contribution in [2.45, 2.75) is 39.3 Å². The Bertz CT molecular complexity index is 396. The molecule has 0 aliphatic rings. The van der Waals surface area contributed by atoms with Gasteiger partial charge in [-0.05, 0) is 26.8 Å². The lowest BCUT2D eigenvalue weighted by molar-refractivity contribution is -0.143. The van der Waals surface area contributed by atoms with Crippen molar-refractivity contribution < 1.29 is 14.3 Å². The highest BCUT2D eigenvalue weighted by Crippen LogP contribution is 2.26. The highest BCUT2D eigenvalue weighted by molar-refractivity contribution is 5.85. The fraction of sp³-hybridized carbons (Fsp3) is 0.500. The Morgan fingerprint density at radius 1 is 1.32 bits per heavy atom. The molecule has 0 aliphatic heterocycles. The highest BCUT2D eigenvalue weighted by Gasteiger charge is 2.16. The normalized spacial score (nSPS) is 11.6. The maximum absolute atomic E-state index is 11.4. The molecule has 5 heteroatoms. The number of nitrogens with two attached hydrogens (primary N) is 1. The fourth-order valence-electron chi connectivity index (χ4n) is 1.66. The number of hydrogen-bond acceptors (Lipinski definition) is 4. The molecule has 0 spiro atoms. The van der Waals surface area contributed by atoms with Crippen molar-refractivity contribution in [1.82, 2.24) is 0 Å². The second kappa shape index (κ2) is 8.77. The van der Waals surface area contributed by atoms with Gasteiger partial charge < -0.3 is 15.2 Å². The monoisotopic (exact) mass is 287 g/mol. The van der Waals surface area contributed by atoms with Crippen LogP contribution in [0.25, 0.3) is 0 Å². The molecule has 0 amide bonds. The number of halogens is 1. The van der Waals surface area contributed by atoms with Gasteiger partial charge in [0.25, 0.3) is 0 Å². The second-order valence-electron chi connectivity index (χ2n) is 4.32. The Kier molecular flexibility index (Phi) is 8.19. The first-order chi connectivity index (χ1) is 8.54. The molecule has 0 aliphatic carbocycles. The van der Waals surface area contributed by atoms with Gasteiger partial charge in [0.15, 0.2) is 0 Å². The van der Waals surface area contributed by atoms with E-state index in [0.29, 0.717) is 6.61 Å². The summed E-state index contributed by atoms with van der Waals surface area (Å²) in [5, 5.41) is 0. The summed E-state index contributed by atoms with van der Waals surface area (Å²) in [6.45, 7) is 6.05. The summed E-state index contributed by atoms with van der Waals surface area (Å²) >= 11 is 0. The van der Waals surface area contributed by atoms with Gasteiger partial charge in [0.1, 0.15) is 5.75 Å². The van der Waals surface area contributed by atoms with Crippen LogP contribution in [-0.4, -0.2) is 18.7 Å². The van der Waals surface area contributed by atoms with E-state index in [1.807, 2.05) is 38.1 Å². The molecule has 0 saturated carbocycles. The van der Waals surface area contributed by atoms with Crippen LogP contribution in [0.5, 0.6) is 5.75 Å². The number of para-hydroxylation sites is 1. The van der Waals surface area contributed by atoms with E-state index in [9.17, 15) is 4.79 Å². The van der Waals surface area contributed by atoms with E-state index in [-0.39, 0.29) is 30.9 Å². The van der Waals surface area contributed by atoms with Crippen molar-refractivity contribution in [3.05, 3.63) is 29.8 Å². The summed E-state index contributed by atoms with van der Waals surface area (Å²) in [7, 11) is 0. The number of carbonyl (C=O) groups is 1. The first kappa shape index (κ1) is 17.7. The van der Waals surface area contributed by atoms with Gasteiger partial charge in [0.2, 0.25) is 0 Å². The Labute approximate surface area is 120 Å². The van der Waals surface area contributed by atoms with Gasteiger partial charge in [-0.3, -0.25) is 4.79 Å². The first-order valence-corrected chi connectivity index (χ1v) is 6.21. The molecular weight excluding hydrogens is 266 g/mol. The molecule has 1 aromatic rings. The molecule has 0 aromatic heterocycles. The second-order valence-corrected chi connectivity index (χ2v) is 4.32. The van der Waals surface area contributed by atoms with Crippen LogP contribution in [0.3, 0.4) is 0 Å². The van der Waals surface area contributed by atoms with Crippen molar-refractivity contribution in [3.8, 4) is 5.75 Å². The molecule has 0 bridgehead atoms. The third-order valence-corrected chi connectivity index (χ3v) is 2.37. The van der Waals surface area contributed by atoms with Crippen LogP contribution in [-0.2, 0) is 9.53 Å². The molecule has 0 heterocycles. The predicted octanol–water partition coefficient (Wildman–Crippen LogP) is 2.85. The van der Waals surface area contributed by atoms with Crippen molar-refractivity contribution in [2.75, 3.05) is 6.61 Å². The Balaban J connectivity index is 0.00000324. The average molecular weight is 288 g/mol. The summed E-state index contributed by atoms with van der Waals surface area (Å²) in [4.78, 5) is 11.4. The molecule has 1 aromatic carbocycles. The Morgan fingerprint density at radius 3 is 2.53 bits per heavy atom. The van der Waals surface area contributed by atoms with Crippen LogP contribution < -0.4 is 10.5 Å². The zero-order valence-corrected chi connectivity index (χ0v) is 12.4. The molecule has 2 N–H and O–H groups in total. The Morgan fingerprint density at radius 2 is 1.95 bits per heavy atom. The highest BCUT2D eigenvalue weighted by atomic mass is 35.5. The van der Waals surface area contributed by atoms with E-state index < -0.39 is 6.04 Å². The van der Waals surface area contributed by atoms with Crippen LogP contribution in [0, 0.1) is 0 Å². The number of rotatable bonds is 6. The molecule has 1 rings (SSSR count). The molecule has 0 fully saturated rings. The van der Waals surface area contributed by atoms with Crippen LogP contribution in [0.4, 0.5) is 0 Å². The van der Waals surface area contributed by atoms with Crippen LogP contribution in [0.15, 0.2) is 24.3 Å². The molecule has 1 atom stereocenters. The van der Waals surface area contributed by atoms with E-state index in [1.54, 1.807) is 6.92 Å². The van der Waals surface area contributed by atoms with Crippen molar-refractivity contribution in [3.63, 3.8) is 0 Å². The molecule has 0 radical (unpaired) electrons.